The molecule has 1 aromatic carbocycles. The second kappa shape index (κ2) is 8.24. The molecular formula is C18H16F3N3O4. The number of ether oxygens (including phenoxy) is 1. The van der Waals surface area contributed by atoms with Crippen molar-refractivity contribution in [2.75, 3.05) is 19.7 Å². The lowest BCUT2D eigenvalue weighted by atomic mass is 10.1. The van der Waals surface area contributed by atoms with Crippen LogP contribution in [0.5, 0.6) is 0 Å². The lowest BCUT2D eigenvalue weighted by Crippen LogP contribution is -2.36. The fourth-order valence-corrected chi connectivity index (χ4v) is 2.62. The van der Waals surface area contributed by atoms with Crippen molar-refractivity contribution < 1.29 is 31.9 Å². The van der Waals surface area contributed by atoms with E-state index in [1.54, 1.807) is 0 Å². The summed E-state index contributed by atoms with van der Waals surface area (Å²) in [5, 5.41) is 6.29. The standard InChI is InChI=1S/C18H16F3N3O4/c19-18(20,21)17-23-22-16(28-17)13-6-7-24(14(25)11-13)8-9-27-15(26)10-12-4-2-1-3-5-12/h1-5,11H,6-10H2. The monoisotopic (exact) mass is 395 g/mol. The van der Waals surface area contributed by atoms with E-state index in [1.807, 2.05) is 30.3 Å². The van der Waals surface area contributed by atoms with Crippen LogP contribution in [0, 0.1) is 0 Å². The molecule has 10 heteroatoms. The van der Waals surface area contributed by atoms with Crippen LogP contribution in [-0.2, 0) is 26.9 Å². The smallest absolute Gasteiger partial charge is 0.464 e. The molecule has 0 saturated heterocycles. The van der Waals surface area contributed by atoms with E-state index in [-0.39, 0.29) is 44.0 Å². The molecule has 0 bridgehead atoms. The van der Waals surface area contributed by atoms with Gasteiger partial charge in [0.2, 0.25) is 11.8 Å². The minimum Gasteiger partial charge on any atom is -0.464 e. The van der Waals surface area contributed by atoms with Crippen LogP contribution in [0.15, 0.2) is 40.8 Å². The first kappa shape index (κ1) is 19.6. The SMILES string of the molecule is O=C(Cc1ccccc1)OCCN1CCC(c2nnc(C(F)(F)F)o2)=CC1=O. The molecular weight excluding hydrogens is 379 g/mol. The van der Waals surface area contributed by atoms with E-state index in [9.17, 15) is 22.8 Å². The average molecular weight is 395 g/mol. The maximum atomic E-state index is 12.5. The molecule has 1 aliphatic rings. The Labute approximate surface area is 157 Å². The summed E-state index contributed by atoms with van der Waals surface area (Å²) in [6.07, 6.45) is -3.19. The first-order chi connectivity index (χ1) is 13.3. The molecule has 3 rings (SSSR count). The quantitative estimate of drug-likeness (QED) is 0.699. The maximum Gasteiger partial charge on any atom is 0.470 e. The predicted molar refractivity (Wildman–Crippen MR) is 89.6 cm³/mol. The molecule has 0 N–H and O–H groups in total. The van der Waals surface area contributed by atoms with Crippen molar-refractivity contribution in [3.63, 3.8) is 0 Å². The summed E-state index contributed by atoms with van der Waals surface area (Å²) in [4.78, 5) is 25.4. The summed E-state index contributed by atoms with van der Waals surface area (Å²) in [5.41, 5.74) is 1.07. The maximum absolute atomic E-state index is 12.5. The van der Waals surface area contributed by atoms with Crippen LogP contribution < -0.4 is 0 Å². The second-order valence-electron chi connectivity index (χ2n) is 6.04. The highest BCUT2D eigenvalue weighted by Gasteiger charge is 2.38. The molecule has 1 aliphatic heterocycles. The summed E-state index contributed by atoms with van der Waals surface area (Å²) in [6, 6.07) is 9.10. The van der Waals surface area contributed by atoms with Gasteiger partial charge >= 0.3 is 18.0 Å². The van der Waals surface area contributed by atoms with Gasteiger partial charge in [-0.1, -0.05) is 30.3 Å². The zero-order chi connectivity index (χ0) is 20.1. The van der Waals surface area contributed by atoms with Crippen molar-refractivity contribution in [1.82, 2.24) is 15.1 Å². The zero-order valence-corrected chi connectivity index (χ0v) is 14.6. The minimum absolute atomic E-state index is 0.0271. The van der Waals surface area contributed by atoms with Crippen LogP contribution in [0.1, 0.15) is 23.8 Å². The minimum atomic E-state index is -4.74. The van der Waals surface area contributed by atoms with Crippen LogP contribution >= 0.6 is 0 Å². The molecule has 0 fully saturated rings. The molecule has 1 amide bonds. The van der Waals surface area contributed by atoms with E-state index in [4.69, 9.17) is 4.74 Å². The van der Waals surface area contributed by atoms with Gasteiger partial charge in [0.15, 0.2) is 0 Å². The third-order valence-corrected chi connectivity index (χ3v) is 4.02. The Bertz CT molecular complexity index is 878. The Kier molecular flexibility index (Phi) is 5.76. The van der Waals surface area contributed by atoms with Crippen LogP contribution in [0.25, 0.3) is 5.57 Å². The Morgan fingerprint density at radius 3 is 2.61 bits per heavy atom. The summed E-state index contributed by atoms with van der Waals surface area (Å²) < 4.78 is 47.3. The van der Waals surface area contributed by atoms with Gasteiger partial charge in [0, 0.05) is 18.2 Å². The van der Waals surface area contributed by atoms with Gasteiger partial charge in [-0.15, -0.1) is 10.2 Å². The molecule has 0 spiro atoms. The van der Waals surface area contributed by atoms with Gasteiger partial charge in [0.25, 0.3) is 0 Å². The third-order valence-electron chi connectivity index (χ3n) is 4.02. The topological polar surface area (TPSA) is 85.5 Å². The van der Waals surface area contributed by atoms with E-state index in [0.717, 1.165) is 11.6 Å². The summed E-state index contributed by atoms with van der Waals surface area (Å²) in [7, 11) is 0. The van der Waals surface area contributed by atoms with Crippen LogP contribution in [0.3, 0.4) is 0 Å². The largest absolute Gasteiger partial charge is 0.470 e. The normalized spacial score (nSPS) is 14.8. The molecule has 0 saturated carbocycles. The van der Waals surface area contributed by atoms with E-state index < -0.39 is 23.9 Å². The summed E-state index contributed by atoms with van der Waals surface area (Å²) >= 11 is 0. The second-order valence-corrected chi connectivity index (χ2v) is 6.04. The fourth-order valence-electron chi connectivity index (χ4n) is 2.62. The number of nitrogens with zero attached hydrogens (tertiary/aromatic N) is 3. The van der Waals surface area contributed by atoms with Crippen LogP contribution in [0.2, 0.25) is 0 Å². The van der Waals surface area contributed by atoms with Gasteiger partial charge in [-0.3, -0.25) is 9.59 Å². The van der Waals surface area contributed by atoms with E-state index >= 15 is 0 Å². The Balaban J connectivity index is 1.49. The number of carbonyl (C=O) groups excluding carboxylic acids is 2. The molecule has 7 nitrogen and oxygen atoms in total. The Hall–Kier alpha value is -3.17. The van der Waals surface area contributed by atoms with Crippen molar-refractivity contribution in [2.24, 2.45) is 0 Å². The van der Waals surface area contributed by atoms with Gasteiger partial charge < -0.3 is 14.1 Å². The number of hydrogen-bond acceptors (Lipinski definition) is 6. The van der Waals surface area contributed by atoms with Gasteiger partial charge in [-0.2, -0.15) is 13.2 Å². The van der Waals surface area contributed by atoms with Crippen molar-refractivity contribution in [2.45, 2.75) is 19.0 Å². The molecule has 0 unspecified atom stereocenters. The Morgan fingerprint density at radius 2 is 1.96 bits per heavy atom. The number of rotatable bonds is 6. The number of esters is 1. The average Bonchev–Trinajstić information content (AvgIpc) is 3.14. The summed E-state index contributed by atoms with van der Waals surface area (Å²) in [6.45, 7) is 0.449. The highest BCUT2D eigenvalue weighted by atomic mass is 19.4. The van der Waals surface area contributed by atoms with Crippen molar-refractivity contribution in [1.29, 1.82) is 0 Å². The number of aromatic nitrogens is 2. The molecule has 2 heterocycles. The highest BCUT2D eigenvalue weighted by molar-refractivity contribution is 5.96. The van der Waals surface area contributed by atoms with Gasteiger partial charge in [0.05, 0.1) is 13.0 Å². The molecule has 148 valence electrons. The fraction of sp³-hybridized carbons (Fsp3) is 0.333. The molecule has 0 atom stereocenters. The van der Waals surface area contributed by atoms with Crippen molar-refractivity contribution >= 4 is 17.4 Å². The lowest BCUT2D eigenvalue weighted by Gasteiger charge is -2.25. The molecule has 0 aliphatic carbocycles. The van der Waals surface area contributed by atoms with Crippen molar-refractivity contribution in [3.05, 3.63) is 53.8 Å². The number of benzene rings is 1. The lowest BCUT2D eigenvalue weighted by molar-refractivity contribution is -0.157. The Morgan fingerprint density at radius 1 is 1.21 bits per heavy atom. The van der Waals surface area contributed by atoms with Gasteiger partial charge in [-0.25, -0.2) is 0 Å². The zero-order valence-electron chi connectivity index (χ0n) is 14.6. The highest BCUT2D eigenvalue weighted by Crippen LogP contribution is 2.30. The molecule has 2 aromatic rings. The number of carbonyl (C=O) groups is 2. The first-order valence-corrected chi connectivity index (χ1v) is 8.43. The van der Waals surface area contributed by atoms with E-state index in [0.29, 0.717) is 0 Å². The first-order valence-electron chi connectivity index (χ1n) is 8.43. The number of hydrogen-bond donors (Lipinski definition) is 0. The molecule has 1 aromatic heterocycles. The summed E-state index contributed by atoms with van der Waals surface area (Å²) in [5.74, 6) is -2.61. The molecule has 28 heavy (non-hydrogen) atoms. The number of alkyl halides is 3. The van der Waals surface area contributed by atoms with Crippen LogP contribution in [-0.4, -0.2) is 46.7 Å². The van der Waals surface area contributed by atoms with E-state index in [1.165, 1.54) is 4.90 Å². The predicted octanol–water partition coefficient (Wildman–Crippen LogP) is 2.49. The van der Waals surface area contributed by atoms with Crippen LogP contribution in [0.4, 0.5) is 13.2 Å². The van der Waals surface area contributed by atoms with Gasteiger partial charge in [0.1, 0.15) is 6.61 Å². The molecule has 0 radical (unpaired) electrons. The van der Waals surface area contributed by atoms with Gasteiger partial charge in [-0.05, 0) is 12.0 Å². The van der Waals surface area contributed by atoms with Crippen molar-refractivity contribution in [3.8, 4) is 0 Å². The number of halogens is 3. The third kappa shape index (κ3) is 4.96. The van der Waals surface area contributed by atoms with E-state index in [2.05, 4.69) is 14.6 Å². The number of amides is 1.